The molecule has 3 N–H and O–H groups in total. The highest BCUT2D eigenvalue weighted by atomic mass is 16.5. The monoisotopic (exact) mass is 384 g/mol. The Hall–Kier alpha value is -1.68. The SMILES string of the molecule is CCCCC.CCOC(Cc1cccc(-c2ccccc2)c1)C(N)CCNC. The number of hydrogen-bond acceptors (Lipinski definition) is 3. The van der Waals surface area contributed by atoms with Crippen LogP contribution in [0.4, 0.5) is 0 Å². The van der Waals surface area contributed by atoms with Gasteiger partial charge in [-0.1, -0.05) is 87.7 Å². The van der Waals surface area contributed by atoms with Crippen LogP contribution in [0.15, 0.2) is 54.6 Å². The van der Waals surface area contributed by atoms with Gasteiger partial charge in [-0.05, 0) is 43.6 Å². The van der Waals surface area contributed by atoms with E-state index in [2.05, 4.69) is 67.7 Å². The lowest BCUT2D eigenvalue weighted by Crippen LogP contribution is -2.40. The molecule has 0 saturated carbocycles. The van der Waals surface area contributed by atoms with Gasteiger partial charge in [-0.15, -0.1) is 0 Å². The average Bonchev–Trinajstić information content (AvgIpc) is 2.73. The van der Waals surface area contributed by atoms with Gasteiger partial charge >= 0.3 is 0 Å². The zero-order valence-corrected chi connectivity index (χ0v) is 18.3. The minimum Gasteiger partial charge on any atom is -0.377 e. The molecule has 156 valence electrons. The lowest BCUT2D eigenvalue weighted by atomic mass is 9.97. The van der Waals surface area contributed by atoms with Crippen LogP contribution >= 0.6 is 0 Å². The zero-order valence-electron chi connectivity index (χ0n) is 18.3. The van der Waals surface area contributed by atoms with Crippen LogP contribution in [0.25, 0.3) is 11.1 Å². The molecule has 3 nitrogen and oxygen atoms in total. The molecule has 2 unspecified atom stereocenters. The molecule has 2 rings (SSSR count). The summed E-state index contributed by atoms with van der Waals surface area (Å²) >= 11 is 0. The fourth-order valence-electron chi connectivity index (χ4n) is 3.14. The summed E-state index contributed by atoms with van der Waals surface area (Å²) in [6, 6.07) is 19.2. The first-order chi connectivity index (χ1) is 13.7. The van der Waals surface area contributed by atoms with Gasteiger partial charge in [0.25, 0.3) is 0 Å². The van der Waals surface area contributed by atoms with Gasteiger partial charge in [0.15, 0.2) is 0 Å². The number of nitrogens with one attached hydrogen (secondary N) is 1. The number of ether oxygens (including phenoxy) is 1. The second-order valence-electron chi connectivity index (χ2n) is 7.17. The topological polar surface area (TPSA) is 47.3 Å². The first kappa shape index (κ1) is 24.4. The summed E-state index contributed by atoms with van der Waals surface area (Å²) in [6.07, 6.45) is 5.89. The number of rotatable bonds is 11. The van der Waals surface area contributed by atoms with Gasteiger partial charge < -0.3 is 15.8 Å². The second-order valence-corrected chi connectivity index (χ2v) is 7.17. The molecule has 3 heteroatoms. The predicted octanol–water partition coefficient (Wildman–Crippen LogP) is 5.43. The summed E-state index contributed by atoms with van der Waals surface area (Å²) in [5, 5.41) is 3.15. The van der Waals surface area contributed by atoms with E-state index in [0.717, 1.165) is 19.4 Å². The third kappa shape index (κ3) is 9.50. The highest BCUT2D eigenvalue weighted by Crippen LogP contribution is 2.21. The molecule has 0 radical (unpaired) electrons. The molecule has 2 aromatic carbocycles. The molecule has 0 saturated heterocycles. The lowest BCUT2D eigenvalue weighted by molar-refractivity contribution is 0.0427. The van der Waals surface area contributed by atoms with Gasteiger partial charge in [0.2, 0.25) is 0 Å². The van der Waals surface area contributed by atoms with E-state index in [4.69, 9.17) is 10.5 Å². The van der Waals surface area contributed by atoms with Gasteiger partial charge in [0.1, 0.15) is 0 Å². The minimum absolute atomic E-state index is 0.0442. The Balaban J connectivity index is 0.000000696. The Bertz CT molecular complexity index is 613. The van der Waals surface area contributed by atoms with Crippen molar-refractivity contribution in [3.05, 3.63) is 60.2 Å². The van der Waals surface area contributed by atoms with Crippen molar-refractivity contribution in [1.29, 1.82) is 0 Å². The van der Waals surface area contributed by atoms with Crippen molar-refractivity contribution in [2.75, 3.05) is 20.2 Å². The Labute approximate surface area is 172 Å². The van der Waals surface area contributed by atoms with Crippen LogP contribution in [0.2, 0.25) is 0 Å². The molecule has 0 aliphatic rings. The van der Waals surface area contributed by atoms with Gasteiger partial charge in [-0.25, -0.2) is 0 Å². The van der Waals surface area contributed by atoms with Crippen molar-refractivity contribution in [3.63, 3.8) is 0 Å². The molecule has 0 aromatic heterocycles. The van der Waals surface area contributed by atoms with Crippen LogP contribution in [0, 0.1) is 0 Å². The van der Waals surface area contributed by atoms with Gasteiger partial charge in [0, 0.05) is 19.1 Å². The number of unbranched alkanes of at least 4 members (excludes halogenated alkanes) is 2. The maximum Gasteiger partial charge on any atom is 0.0766 e. The van der Waals surface area contributed by atoms with E-state index in [1.54, 1.807) is 0 Å². The molecular formula is C25H40N2O. The highest BCUT2D eigenvalue weighted by Gasteiger charge is 2.18. The standard InChI is InChI=1S/C20H28N2O.C5H12/c1-3-23-20(19(21)12-13-22-2)15-16-8-7-11-18(14-16)17-9-5-4-6-10-17;1-3-5-4-2/h4-11,14,19-20,22H,3,12-13,15,21H2,1-2H3;3-5H2,1-2H3. The van der Waals surface area contributed by atoms with Crippen molar-refractivity contribution in [2.24, 2.45) is 5.73 Å². The molecule has 0 spiro atoms. The normalized spacial score (nSPS) is 12.8. The number of hydrogen-bond donors (Lipinski definition) is 2. The van der Waals surface area contributed by atoms with Crippen molar-refractivity contribution < 1.29 is 4.74 Å². The van der Waals surface area contributed by atoms with Crippen LogP contribution in [0.3, 0.4) is 0 Å². The lowest BCUT2D eigenvalue weighted by Gasteiger charge is -2.24. The van der Waals surface area contributed by atoms with Crippen molar-refractivity contribution in [1.82, 2.24) is 5.32 Å². The summed E-state index contributed by atoms with van der Waals surface area (Å²) in [7, 11) is 1.95. The second kappa shape index (κ2) is 15.3. The van der Waals surface area contributed by atoms with E-state index < -0.39 is 0 Å². The predicted molar refractivity (Wildman–Crippen MR) is 123 cm³/mol. The molecule has 0 amide bonds. The summed E-state index contributed by atoms with van der Waals surface area (Å²) in [4.78, 5) is 0. The minimum atomic E-state index is 0.0442. The van der Waals surface area contributed by atoms with E-state index >= 15 is 0 Å². The molecule has 2 aromatic rings. The quantitative estimate of drug-likeness (QED) is 0.543. The average molecular weight is 385 g/mol. The van der Waals surface area contributed by atoms with Crippen molar-refractivity contribution in [3.8, 4) is 11.1 Å². The van der Waals surface area contributed by atoms with E-state index in [1.165, 1.54) is 36.0 Å². The van der Waals surface area contributed by atoms with Crippen LogP contribution in [-0.4, -0.2) is 32.3 Å². The smallest absolute Gasteiger partial charge is 0.0766 e. The van der Waals surface area contributed by atoms with Crippen LogP contribution in [-0.2, 0) is 11.2 Å². The molecule has 0 fully saturated rings. The fraction of sp³-hybridized carbons (Fsp3) is 0.520. The Morgan fingerprint density at radius 1 is 0.929 bits per heavy atom. The first-order valence-corrected chi connectivity index (χ1v) is 10.8. The van der Waals surface area contributed by atoms with Gasteiger partial charge in [-0.3, -0.25) is 0 Å². The molecule has 0 aliphatic carbocycles. The molecule has 0 bridgehead atoms. The van der Waals surface area contributed by atoms with Crippen LogP contribution in [0.1, 0.15) is 52.0 Å². The van der Waals surface area contributed by atoms with Crippen molar-refractivity contribution in [2.45, 2.75) is 65.0 Å². The molecule has 28 heavy (non-hydrogen) atoms. The maximum absolute atomic E-state index is 6.32. The summed E-state index contributed by atoms with van der Waals surface area (Å²) in [5.74, 6) is 0. The Morgan fingerprint density at radius 2 is 1.61 bits per heavy atom. The fourth-order valence-corrected chi connectivity index (χ4v) is 3.14. The van der Waals surface area contributed by atoms with Crippen LogP contribution < -0.4 is 11.1 Å². The van der Waals surface area contributed by atoms with E-state index in [0.29, 0.717) is 6.61 Å². The summed E-state index contributed by atoms with van der Waals surface area (Å²) in [5.41, 5.74) is 10.1. The summed E-state index contributed by atoms with van der Waals surface area (Å²) < 4.78 is 5.90. The number of benzene rings is 2. The van der Waals surface area contributed by atoms with E-state index in [-0.39, 0.29) is 12.1 Å². The maximum atomic E-state index is 6.32. The molecular weight excluding hydrogens is 344 g/mol. The molecule has 0 aliphatic heterocycles. The highest BCUT2D eigenvalue weighted by molar-refractivity contribution is 5.63. The third-order valence-corrected chi connectivity index (χ3v) is 4.76. The molecule has 0 heterocycles. The van der Waals surface area contributed by atoms with E-state index in [9.17, 15) is 0 Å². The largest absolute Gasteiger partial charge is 0.377 e. The van der Waals surface area contributed by atoms with Gasteiger partial charge in [0.05, 0.1) is 6.10 Å². The van der Waals surface area contributed by atoms with E-state index in [1.807, 2.05) is 20.0 Å². The summed E-state index contributed by atoms with van der Waals surface area (Å²) in [6.45, 7) is 8.05. The third-order valence-electron chi connectivity index (χ3n) is 4.76. The first-order valence-electron chi connectivity index (χ1n) is 10.8. The Kier molecular flexibility index (Phi) is 13.3. The van der Waals surface area contributed by atoms with Crippen LogP contribution in [0.5, 0.6) is 0 Å². The zero-order chi connectivity index (χ0) is 20.6. The Morgan fingerprint density at radius 3 is 2.18 bits per heavy atom. The molecule has 2 atom stereocenters. The van der Waals surface area contributed by atoms with Crippen molar-refractivity contribution >= 4 is 0 Å². The van der Waals surface area contributed by atoms with Gasteiger partial charge in [-0.2, -0.15) is 0 Å². The number of nitrogens with two attached hydrogens (primary N) is 1.